The van der Waals surface area contributed by atoms with Gasteiger partial charge in [0.15, 0.2) is 0 Å². The van der Waals surface area contributed by atoms with Gasteiger partial charge in [0.05, 0.1) is 6.67 Å². The molecule has 1 aliphatic rings. The van der Waals surface area contributed by atoms with E-state index in [1.54, 1.807) is 0 Å². The van der Waals surface area contributed by atoms with Crippen LogP contribution in [0.1, 0.15) is 39.5 Å². The van der Waals surface area contributed by atoms with E-state index in [0.717, 1.165) is 0 Å². The summed E-state index contributed by atoms with van der Waals surface area (Å²) in [5.74, 6) is -0.888. The fourth-order valence-corrected chi connectivity index (χ4v) is 2.06. The Morgan fingerprint density at radius 1 is 1.11 bits per heavy atom. The number of amides is 4. The van der Waals surface area contributed by atoms with E-state index in [4.69, 9.17) is 0 Å². The Morgan fingerprint density at radius 2 is 1.67 bits per heavy atom. The second-order valence-corrected chi connectivity index (χ2v) is 5.04. The summed E-state index contributed by atoms with van der Waals surface area (Å²) in [6.45, 7) is 3.37. The predicted molar refractivity (Wildman–Crippen MR) is 63.4 cm³/mol. The summed E-state index contributed by atoms with van der Waals surface area (Å²) >= 11 is 0. The van der Waals surface area contributed by atoms with Crippen molar-refractivity contribution < 1.29 is 18.8 Å². The Hall–Kier alpha value is -1.46. The lowest BCUT2D eigenvalue weighted by molar-refractivity contribution is -0.145. The zero-order chi connectivity index (χ0) is 13.8. The molecule has 0 bridgehead atoms. The van der Waals surface area contributed by atoms with Crippen molar-refractivity contribution in [3.05, 3.63) is 0 Å². The maximum Gasteiger partial charge on any atom is 0.328 e. The lowest BCUT2D eigenvalue weighted by atomic mass is 9.75. The molecule has 0 radical (unpaired) electrons. The van der Waals surface area contributed by atoms with Crippen LogP contribution in [0, 0.1) is 11.3 Å². The second-order valence-electron chi connectivity index (χ2n) is 5.04. The van der Waals surface area contributed by atoms with Crippen molar-refractivity contribution in [1.29, 1.82) is 0 Å². The molecule has 0 aromatic rings. The minimum Gasteiger partial charge on any atom is -0.277 e. The van der Waals surface area contributed by atoms with Crippen molar-refractivity contribution >= 4 is 17.8 Å². The maximum absolute atomic E-state index is 12.3. The quantitative estimate of drug-likeness (QED) is 0.709. The largest absolute Gasteiger partial charge is 0.328 e. The van der Waals surface area contributed by atoms with Gasteiger partial charge in [0, 0.05) is 0 Å². The molecule has 5 nitrogen and oxygen atoms in total. The molecule has 0 aromatic carbocycles. The molecule has 102 valence electrons. The van der Waals surface area contributed by atoms with E-state index >= 15 is 0 Å². The number of nitrogens with one attached hydrogen (secondary N) is 2. The number of carbonyl (C=O) groups excluding carboxylic acids is 3. The first-order valence-electron chi connectivity index (χ1n) is 6.15. The van der Waals surface area contributed by atoms with Gasteiger partial charge < -0.3 is 0 Å². The van der Waals surface area contributed by atoms with Crippen LogP contribution in [0.15, 0.2) is 0 Å². The smallest absolute Gasteiger partial charge is 0.277 e. The molecule has 0 saturated carbocycles. The lowest BCUT2D eigenvalue weighted by Gasteiger charge is -2.34. The summed E-state index contributed by atoms with van der Waals surface area (Å²) in [4.78, 5) is 34.9. The fourth-order valence-electron chi connectivity index (χ4n) is 2.06. The van der Waals surface area contributed by atoms with Gasteiger partial charge in [0.1, 0.15) is 5.41 Å². The number of barbiturate groups is 1. The molecule has 0 aliphatic carbocycles. The van der Waals surface area contributed by atoms with Crippen LogP contribution < -0.4 is 10.6 Å². The Morgan fingerprint density at radius 3 is 2.11 bits per heavy atom. The molecule has 4 amide bonds. The molecule has 0 aromatic heterocycles. The Bertz CT molecular complexity index is 335. The van der Waals surface area contributed by atoms with Gasteiger partial charge in [-0.1, -0.05) is 13.8 Å². The molecule has 1 fully saturated rings. The van der Waals surface area contributed by atoms with Gasteiger partial charge >= 0.3 is 6.03 Å². The first-order valence-corrected chi connectivity index (χ1v) is 6.15. The first-order chi connectivity index (χ1) is 8.42. The van der Waals surface area contributed by atoms with E-state index in [9.17, 15) is 18.8 Å². The lowest BCUT2D eigenvalue weighted by Crippen LogP contribution is -2.62. The summed E-state index contributed by atoms with van der Waals surface area (Å²) in [5.41, 5.74) is -1.30. The molecular formula is C12H19FN2O3. The van der Waals surface area contributed by atoms with Crippen molar-refractivity contribution in [3.8, 4) is 0 Å². The molecule has 1 rings (SSSR count). The number of imide groups is 2. The number of rotatable bonds is 6. The molecule has 1 aliphatic heterocycles. The van der Waals surface area contributed by atoms with Crippen LogP contribution in [0.3, 0.4) is 0 Å². The molecule has 6 heteroatoms. The summed E-state index contributed by atoms with van der Waals surface area (Å²) < 4.78 is 12.3. The molecule has 2 N–H and O–H groups in total. The van der Waals surface area contributed by atoms with Crippen molar-refractivity contribution in [2.45, 2.75) is 39.5 Å². The molecule has 0 spiro atoms. The average Bonchev–Trinajstić information content (AvgIpc) is 2.27. The molecular weight excluding hydrogens is 239 g/mol. The highest BCUT2D eigenvalue weighted by atomic mass is 19.1. The molecule has 0 atom stereocenters. The topological polar surface area (TPSA) is 75.3 Å². The van der Waals surface area contributed by atoms with Gasteiger partial charge in [-0.25, -0.2) is 4.79 Å². The van der Waals surface area contributed by atoms with Crippen LogP contribution >= 0.6 is 0 Å². The molecule has 18 heavy (non-hydrogen) atoms. The number of carbonyl (C=O) groups is 3. The summed E-state index contributed by atoms with van der Waals surface area (Å²) in [6, 6.07) is -0.801. The van der Waals surface area contributed by atoms with Crippen molar-refractivity contribution in [2.75, 3.05) is 6.67 Å². The standard InChI is InChI=1S/C12H19FN2O3/c1-8(2)4-6-12(5-3-7-13)9(16)14-11(18)15-10(12)17/h8H,3-7H2,1-2H3,(H2,14,15,16,17,18). The van der Waals surface area contributed by atoms with Crippen LogP contribution in [0.4, 0.5) is 9.18 Å². The Balaban J connectivity index is 2.90. The van der Waals surface area contributed by atoms with E-state index in [1.807, 2.05) is 13.8 Å². The van der Waals surface area contributed by atoms with Crippen LogP contribution in [-0.4, -0.2) is 24.5 Å². The molecule has 1 saturated heterocycles. The molecule has 0 unspecified atom stereocenters. The molecule has 1 heterocycles. The first kappa shape index (κ1) is 14.6. The van der Waals surface area contributed by atoms with Gasteiger partial charge in [0.2, 0.25) is 11.8 Å². The predicted octanol–water partition coefficient (Wildman–Crippen LogP) is 1.52. The van der Waals surface area contributed by atoms with E-state index in [1.165, 1.54) is 0 Å². The van der Waals surface area contributed by atoms with Crippen LogP contribution in [0.25, 0.3) is 0 Å². The van der Waals surface area contributed by atoms with E-state index in [-0.39, 0.29) is 12.8 Å². The van der Waals surface area contributed by atoms with Crippen molar-refractivity contribution in [3.63, 3.8) is 0 Å². The number of urea groups is 1. The van der Waals surface area contributed by atoms with Crippen LogP contribution in [0.2, 0.25) is 0 Å². The van der Waals surface area contributed by atoms with Gasteiger partial charge in [0.25, 0.3) is 0 Å². The highest BCUT2D eigenvalue weighted by Gasteiger charge is 2.49. The van der Waals surface area contributed by atoms with E-state index < -0.39 is 29.9 Å². The maximum atomic E-state index is 12.3. The van der Waals surface area contributed by atoms with Crippen LogP contribution in [0.5, 0.6) is 0 Å². The Labute approximate surface area is 105 Å². The third-order valence-corrected chi connectivity index (χ3v) is 3.21. The highest BCUT2D eigenvalue weighted by Crippen LogP contribution is 2.33. The van der Waals surface area contributed by atoms with Gasteiger partial charge in [-0.2, -0.15) is 0 Å². The minimum atomic E-state index is -1.30. The highest BCUT2D eigenvalue weighted by molar-refractivity contribution is 6.19. The second kappa shape index (κ2) is 5.93. The van der Waals surface area contributed by atoms with Crippen LogP contribution in [-0.2, 0) is 9.59 Å². The average molecular weight is 258 g/mol. The minimum absolute atomic E-state index is 0.126. The third kappa shape index (κ3) is 3.05. The zero-order valence-electron chi connectivity index (χ0n) is 10.7. The van der Waals surface area contributed by atoms with E-state index in [0.29, 0.717) is 18.8 Å². The number of halogens is 1. The fraction of sp³-hybridized carbons (Fsp3) is 0.750. The Kier molecular flexibility index (Phi) is 4.81. The number of hydrogen-bond acceptors (Lipinski definition) is 3. The summed E-state index contributed by atoms with van der Waals surface area (Å²) in [6.07, 6.45) is 1.26. The number of hydrogen-bond donors (Lipinski definition) is 2. The summed E-state index contributed by atoms with van der Waals surface area (Å²) in [5, 5.41) is 4.20. The van der Waals surface area contributed by atoms with Gasteiger partial charge in [-0.3, -0.25) is 24.6 Å². The monoisotopic (exact) mass is 258 g/mol. The van der Waals surface area contributed by atoms with Gasteiger partial charge in [-0.15, -0.1) is 0 Å². The normalized spacial score (nSPS) is 18.8. The third-order valence-electron chi connectivity index (χ3n) is 3.21. The SMILES string of the molecule is CC(C)CCC1(CCCF)C(=O)NC(=O)NC1=O. The number of alkyl halides is 1. The van der Waals surface area contributed by atoms with Gasteiger partial charge in [-0.05, 0) is 31.6 Å². The van der Waals surface area contributed by atoms with Crippen molar-refractivity contribution in [2.24, 2.45) is 11.3 Å². The summed E-state index contributed by atoms with van der Waals surface area (Å²) in [7, 11) is 0. The zero-order valence-corrected chi connectivity index (χ0v) is 10.7. The van der Waals surface area contributed by atoms with Crippen molar-refractivity contribution in [1.82, 2.24) is 10.6 Å². The van der Waals surface area contributed by atoms with E-state index in [2.05, 4.69) is 10.6 Å².